The van der Waals surface area contributed by atoms with Gasteiger partial charge < -0.3 is 9.80 Å². The van der Waals surface area contributed by atoms with E-state index in [1.54, 1.807) is 12.3 Å². The second kappa shape index (κ2) is 5.86. The van der Waals surface area contributed by atoms with Crippen molar-refractivity contribution < 1.29 is 8.78 Å². The summed E-state index contributed by atoms with van der Waals surface area (Å²) in [7, 11) is 0. The number of alkyl halides is 2. The molecule has 0 aliphatic carbocycles. The maximum absolute atomic E-state index is 14.9. The van der Waals surface area contributed by atoms with Crippen LogP contribution in [-0.2, 0) is 0 Å². The maximum Gasteiger partial charge on any atom is 0.258 e. The lowest BCUT2D eigenvalue weighted by Crippen LogP contribution is -2.57. The van der Waals surface area contributed by atoms with Crippen molar-refractivity contribution in [2.75, 3.05) is 36.0 Å². The predicted octanol–water partition coefficient (Wildman–Crippen LogP) is 2.32. The Bertz CT molecular complexity index is 739. The first kappa shape index (κ1) is 16.1. The second-order valence-corrected chi connectivity index (χ2v) is 6.93. The molecule has 2 aliphatic heterocycles. The largest absolute Gasteiger partial charge is 0.355 e. The molecule has 1 spiro atoms. The zero-order valence-corrected chi connectivity index (χ0v) is 14.1. The molecule has 2 fully saturated rings. The van der Waals surface area contributed by atoms with Crippen LogP contribution in [0.5, 0.6) is 0 Å². The van der Waals surface area contributed by atoms with Crippen LogP contribution in [0.3, 0.4) is 0 Å². The van der Waals surface area contributed by atoms with Crippen LogP contribution < -0.4 is 9.80 Å². The molecule has 132 valence electrons. The molecule has 0 amide bonds. The van der Waals surface area contributed by atoms with E-state index in [-0.39, 0.29) is 19.5 Å². The van der Waals surface area contributed by atoms with Gasteiger partial charge in [0.1, 0.15) is 12.1 Å². The molecule has 8 heteroatoms. The number of hydrogen-bond donors (Lipinski definition) is 0. The minimum absolute atomic E-state index is 0.162. The minimum atomic E-state index is -2.70. The molecule has 25 heavy (non-hydrogen) atoms. The topological polar surface area (TPSA) is 58.0 Å². The Labute approximate surface area is 144 Å². The monoisotopic (exact) mass is 346 g/mol. The molecule has 0 saturated carbocycles. The molecular formula is C17H20F2N6. The van der Waals surface area contributed by atoms with Gasteiger partial charge in [0.15, 0.2) is 5.82 Å². The third-order valence-electron chi connectivity index (χ3n) is 5.32. The number of hydrogen-bond acceptors (Lipinski definition) is 6. The van der Waals surface area contributed by atoms with Gasteiger partial charge in [-0.3, -0.25) is 0 Å². The number of anilines is 2. The number of piperidine rings is 1. The molecular weight excluding hydrogens is 326 g/mol. The fourth-order valence-electron chi connectivity index (χ4n) is 3.82. The molecule has 1 atom stereocenters. The zero-order valence-electron chi connectivity index (χ0n) is 14.1. The van der Waals surface area contributed by atoms with E-state index in [2.05, 4.69) is 20.2 Å². The maximum atomic E-state index is 14.9. The number of aromatic nitrogens is 4. The van der Waals surface area contributed by atoms with Crippen molar-refractivity contribution in [2.24, 2.45) is 5.41 Å². The van der Waals surface area contributed by atoms with Gasteiger partial charge in [-0.25, -0.2) is 18.7 Å². The van der Waals surface area contributed by atoms with Gasteiger partial charge >= 0.3 is 0 Å². The van der Waals surface area contributed by atoms with E-state index < -0.39 is 11.3 Å². The van der Waals surface area contributed by atoms with Crippen molar-refractivity contribution in [3.05, 3.63) is 36.4 Å². The zero-order chi connectivity index (χ0) is 17.5. The van der Waals surface area contributed by atoms with Crippen molar-refractivity contribution in [3.63, 3.8) is 0 Å². The number of aryl methyl sites for hydroxylation is 1. The molecule has 4 rings (SSSR count). The van der Waals surface area contributed by atoms with Crippen LogP contribution in [0.4, 0.5) is 20.4 Å². The molecule has 2 aliphatic rings. The smallest absolute Gasteiger partial charge is 0.258 e. The molecule has 0 aromatic carbocycles. The van der Waals surface area contributed by atoms with Crippen LogP contribution in [-0.4, -0.2) is 52.3 Å². The summed E-state index contributed by atoms with van der Waals surface area (Å²) in [4.78, 5) is 12.0. The van der Waals surface area contributed by atoms with Gasteiger partial charge in [0.25, 0.3) is 5.92 Å². The Balaban J connectivity index is 1.59. The van der Waals surface area contributed by atoms with Crippen molar-refractivity contribution in [2.45, 2.75) is 25.7 Å². The molecule has 0 bridgehead atoms. The standard InChI is InChI=1S/C17H20F2N6/c1-13-2-3-15(23-22-13)25-8-5-16(11-25)10-24(9-6-17(16,18)19)14-4-7-20-12-21-14/h2-4,7,12H,5-6,8-11H2,1H3. The van der Waals surface area contributed by atoms with Gasteiger partial charge in [0.2, 0.25) is 0 Å². The number of nitrogens with zero attached hydrogens (tertiary/aromatic N) is 6. The highest BCUT2D eigenvalue weighted by molar-refractivity contribution is 5.43. The Morgan fingerprint density at radius 2 is 1.72 bits per heavy atom. The Hall–Kier alpha value is -2.38. The summed E-state index contributed by atoms with van der Waals surface area (Å²) in [5, 5.41) is 8.21. The number of halogens is 2. The normalized spacial score (nSPS) is 25.6. The summed E-state index contributed by atoms with van der Waals surface area (Å²) in [6, 6.07) is 5.49. The lowest BCUT2D eigenvalue weighted by molar-refractivity contribution is -0.124. The van der Waals surface area contributed by atoms with Gasteiger partial charge in [-0.2, -0.15) is 5.10 Å². The Kier molecular flexibility index (Phi) is 3.77. The van der Waals surface area contributed by atoms with E-state index in [4.69, 9.17) is 0 Å². The van der Waals surface area contributed by atoms with Crippen LogP contribution in [0.1, 0.15) is 18.5 Å². The molecule has 0 N–H and O–H groups in total. The van der Waals surface area contributed by atoms with Gasteiger partial charge in [-0.05, 0) is 31.5 Å². The highest BCUT2D eigenvalue weighted by Gasteiger charge is 2.59. The Morgan fingerprint density at radius 1 is 0.960 bits per heavy atom. The van der Waals surface area contributed by atoms with Crippen LogP contribution >= 0.6 is 0 Å². The van der Waals surface area contributed by atoms with Crippen molar-refractivity contribution in [1.29, 1.82) is 0 Å². The first-order valence-corrected chi connectivity index (χ1v) is 8.43. The molecule has 2 aromatic heterocycles. The first-order valence-electron chi connectivity index (χ1n) is 8.43. The van der Waals surface area contributed by atoms with Crippen LogP contribution in [0.15, 0.2) is 30.7 Å². The van der Waals surface area contributed by atoms with Crippen LogP contribution in [0, 0.1) is 12.3 Å². The summed E-state index contributed by atoms with van der Waals surface area (Å²) >= 11 is 0. The summed E-state index contributed by atoms with van der Waals surface area (Å²) < 4.78 is 29.8. The van der Waals surface area contributed by atoms with Gasteiger partial charge in [-0.15, -0.1) is 5.10 Å². The molecule has 2 aromatic rings. The summed E-state index contributed by atoms with van der Waals surface area (Å²) in [6.07, 6.45) is 3.36. The third-order valence-corrected chi connectivity index (χ3v) is 5.32. The van der Waals surface area contributed by atoms with Crippen molar-refractivity contribution in [3.8, 4) is 0 Å². The first-order chi connectivity index (χ1) is 12.0. The summed E-state index contributed by atoms with van der Waals surface area (Å²) in [6.45, 7) is 3.28. The minimum Gasteiger partial charge on any atom is -0.355 e. The highest BCUT2D eigenvalue weighted by atomic mass is 19.3. The number of rotatable bonds is 2. The SMILES string of the molecule is Cc1ccc(N2CCC3(CN(c4ccncn4)CCC3(F)F)C2)nn1. The molecule has 2 saturated heterocycles. The molecule has 6 nitrogen and oxygen atoms in total. The van der Waals surface area contributed by atoms with E-state index in [0.29, 0.717) is 31.1 Å². The van der Waals surface area contributed by atoms with E-state index in [0.717, 1.165) is 5.69 Å². The molecule has 0 radical (unpaired) electrons. The van der Waals surface area contributed by atoms with E-state index in [1.165, 1.54) is 6.33 Å². The van der Waals surface area contributed by atoms with E-state index in [9.17, 15) is 8.78 Å². The lowest BCUT2D eigenvalue weighted by Gasteiger charge is -2.46. The fourth-order valence-corrected chi connectivity index (χ4v) is 3.82. The second-order valence-electron chi connectivity index (χ2n) is 6.93. The summed E-state index contributed by atoms with van der Waals surface area (Å²) in [5.74, 6) is -1.33. The quantitative estimate of drug-likeness (QED) is 0.832. The van der Waals surface area contributed by atoms with E-state index >= 15 is 0 Å². The van der Waals surface area contributed by atoms with Crippen molar-refractivity contribution in [1.82, 2.24) is 20.2 Å². The molecule has 4 heterocycles. The van der Waals surface area contributed by atoms with Crippen LogP contribution in [0.2, 0.25) is 0 Å². The predicted molar refractivity (Wildman–Crippen MR) is 89.8 cm³/mol. The van der Waals surface area contributed by atoms with Gasteiger partial charge in [0.05, 0.1) is 11.1 Å². The van der Waals surface area contributed by atoms with Crippen molar-refractivity contribution >= 4 is 11.6 Å². The third kappa shape index (κ3) is 2.79. The van der Waals surface area contributed by atoms with Gasteiger partial charge in [0, 0.05) is 38.8 Å². The lowest BCUT2D eigenvalue weighted by atomic mass is 9.75. The molecule has 1 unspecified atom stereocenters. The summed E-state index contributed by atoms with van der Waals surface area (Å²) in [5.41, 5.74) is -0.279. The Morgan fingerprint density at radius 3 is 2.40 bits per heavy atom. The average molecular weight is 346 g/mol. The van der Waals surface area contributed by atoms with Gasteiger partial charge in [-0.1, -0.05) is 0 Å². The van der Waals surface area contributed by atoms with E-state index in [1.807, 2.05) is 28.9 Å². The van der Waals surface area contributed by atoms with Crippen LogP contribution in [0.25, 0.3) is 0 Å². The highest BCUT2D eigenvalue weighted by Crippen LogP contribution is 2.50. The average Bonchev–Trinajstić information content (AvgIpc) is 3.05. The fraction of sp³-hybridized carbons (Fsp3) is 0.529.